The average molecular weight is 673 g/mol. The maximum atomic E-state index is 15.3. The van der Waals surface area contributed by atoms with E-state index in [4.69, 9.17) is 10.8 Å². The third kappa shape index (κ3) is 6.24. The first-order chi connectivity index (χ1) is 23.6. The van der Waals surface area contributed by atoms with Crippen molar-refractivity contribution in [3.05, 3.63) is 59.0 Å². The average Bonchev–Trinajstić information content (AvgIpc) is 3.76. The topological polar surface area (TPSA) is 109 Å². The van der Waals surface area contributed by atoms with Crippen molar-refractivity contribution in [1.82, 2.24) is 24.0 Å². The lowest BCUT2D eigenvalue weighted by atomic mass is 9.84. The van der Waals surface area contributed by atoms with Crippen molar-refractivity contribution in [3.8, 4) is 11.4 Å². The zero-order valence-electron chi connectivity index (χ0n) is 28.2. The van der Waals surface area contributed by atoms with Crippen LogP contribution in [0.4, 0.5) is 8.78 Å². The molecule has 2 saturated heterocycles. The number of carbonyl (C=O) groups is 2. The van der Waals surface area contributed by atoms with Crippen LogP contribution >= 0.6 is 0 Å². The smallest absolute Gasteiger partial charge is 0.255 e. The summed E-state index contributed by atoms with van der Waals surface area (Å²) in [5.41, 5.74) is 12.0. The van der Waals surface area contributed by atoms with Crippen molar-refractivity contribution in [1.29, 1.82) is 0 Å². The number of aromatic nitrogens is 3. The van der Waals surface area contributed by atoms with Crippen molar-refractivity contribution in [2.45, 2.75) is 95.5 Å². The molecule has 2 atom stereocenters. The molecule has 0 unspecified atom stereocenters. The molecule has 0 bridgehead atoms. The minimum Gasteiger partial charge on any atom is -0.393 e. The number of piperidine rings is 2. The molecule has 4 fully saturated rings. The van der Waals surface area contributed by atoms with Gasteiger partial charge in [-0.2, -0.15) is 5.10 Å². The Bertz CT molecular complexity index is 1890. The molecule has 2 saturated carbocycles. The van der Waals surface area contributed by atoms with Gasteiger partial charge in [0.05, 0.1) is 34.9 Å². The first kappa shape index (κ1) is 32.4. The number of carbonyl (C=O) groups excluding carboxylic acids is 2. The molecule has 0 radical (unpaired) electrons. The number of benzene rings is 1. The number of rotatable bonds is 6. The number of nitrogens with two attached hydrogens (primary N) is 1. The molecule has 2 aliphatic carbocycles. The summed E-state index contributed by atoms with van der Waals surface area (Å²) in [4.78, 5) is 30.1. The Kier molecular flexibility index (Phi) is 8.46. The lowest BCUT2D eigenvalue weighted by molar-refractivity contribution is -0.138. The Hall–Kier alpha value is -3.83. The van der Waals surface area contributed by atoms with Crippen LogP contribution in [0, 0.1) is 24.6 Å². The number of fused-ring (bicyclic) bond motifs is 2. The number of nitrogens with zero attached hydrogens (tertiary/aromatic N) is 5. The van der Waals surface area contributed by atoms with Gasteiger partial charge in [-0.3, -0.25) is 9.59 Å². The van der Waals surface area contributed by atoms with E-state index in [1.54, 1.807) is 28.9 Å². The lowest BCUT2D eigenvalue weighted by Crippen LogP contribution is -2.50. The highest BCUT2D eigenvalue weighted by molar-refractivity contribution is 5.95. The van der Waals surface area contributed by atoms with Crippen molar-refractivity contribution in [3.63, 3.8) is 0 Å². The predicted octanol–water partition coefficient (Wildman–Crippen LogP) is 5.58. The van der Waals surface area contributed by atoms with E-state index in [1.165, 1.54) is 4.90 Å². The molecule has 8 rings (SSSR count). The fraction of sp³-hybridized carbons (Fsp3) is 0.553. The number of aliphatic hydroxyl groups is 1. The molecule has 9 nitrogen and oxygen atoms in total. The highest BCUT2D eigenvalue weighted by Crippen LogP contribution is 2.42. The van der Waals surface area contributed by atoms with E-state index in [0.29, 0.717) is 44.0 Å². The number of hydrogen-bond acceptors (Lipinski definition) is 5. The summed E-state index contributed by atoms with van der Waals surface area (Å²) in [6.07, 6.45) is 7.29. The second-order valence-electron chi connectivity index (χ2n) is 15.1. The standard InChI is InChI=1S/C38H46F2N6O3/c1-22-33-9-6-26(38(49)44-20-29(40)16-30(41)21-44)19-46(33)42-35(22)34-15-27-14-28(39)17-32(36(27)45(34)18-23-2-3-23)24-10-12-43(13-11-24)37(48)25-4-7-31(47)8-5-25/h6,9,14-15,17,19,23-25,29-31,47H,2-5,7-8,10-13,16,18,20-21,41H2,1H3/t25-,29-,30-,31-/m1/s1. The molecule has 2 aliphatic heterocycles. The van der Waals surface area contributed by atoms with Gasteiger partial charge in [0.15, 0.2) is 0 Å². The number of likely N-dealkylation sites (tertiary alicyclic amines) is 2. The van der Waals surface area contributed by atoms with Gasteiger partial charge in [0.1, 0.15) is 17.7 Å². The van der Waals surface area contributed by atoms with Crippen molar-refractivity contribution in [2.75, 3.05) is 26.2 Å². The summed E-state index contributed by atoms with van der Waals surface area (Å²) >= 11 is 0. The SMILES string of the molecule is Cc1c(-c2cc3cc(F)cc(C4CCN(C(=O)[C@H]5CC[C@H](O)CC5)CC4)c3n2CC2CC2)nn2cc(C(=O)N3C[C@H](N)C[C@@H](F)C3)ccc12. The second kappa shape index (κ2) is 12.8. The number of pyridine rings is 1. The summed E-state index contributed by atoms with van der Waals surface area (Å²) < 4.78 is 33.6. The van der Waals surface area contributed by atoms with Crippen LogP contribution < -0.4 is 5.73 Å². The van der Waals surface area contributed by atoms with Gasteiger partial charge in [-0.25, -0.2) is 13.3 Å². The molecule has 11 heteroatoms. The molecule has 4 aliphatic rings. The third-order valence-corrected chi connectivity index (χ3v) is 11.5. The summed E-state index contributed by atoms with van der Waals surface area (Å²) in [6.45, 7) is 4.50. The van der Waals surface area contributed by atoms with Crippen molar-refractivity contribution < 1.29 is 23.5 Å². The van der Waals surface area contributed by atoms with Crippen LogP contribution in [-0.4, -0.2) is 85.4 Å². The molecule has 2 amide bonds. The van der Waals surface area contributed by atoms with E-state index in [2.05, 4.69) is 10.6 Å². The van der Waals surface area contributed by atoms with Crippen molar-refractivity contribution in [2.24, 2.45) is 17.6 Å². The molecule has 49 heavy (non-hydrogen) atoms. The van der Waals surface area contributed by atoms with Crippen LogP contribution in [0.25, 0.3) is 27.8 Å². The van der Waals surface area contributed by atoms with Gasteiger partial charge in [-0.15, -0.1) is 0 Å². The molecule has 3 N–H and O–H groups in total. The fourth-order valence-electron chi connectivity index (χ4n) is 8.62. The third-order valence-electron chi connectivity index (χ3n) is 11.5. The van der Waals surface area contributed by atoms with Gasteiger partial charge in [0.25, 0.3) is 5.91 Å². The summed E-state index contributed by atoms with van der Waals surface area (Å²) in [7, 11) is 0. The van der Waals surface area contributed by atoms with E-state index in [1.807, 2.05) is 17.9 Å². The highest BCUT2D eigenvalue weighted by atomic mass is 19.1. The Morgan fingerprint density at radius 3 is 2.45 bits per heavy atom. The van der Waals surface area contributed by atoms with E-state index >= 15 is 4.39 Å². The van der Waals surface area contributed by atoms with E-state index in [0.717, 1.165) is 84.0 Å². The number of aliphatic hydroxyl groups excluding tert-OH is 1. The number of alkyl halides is 1. The van der Waals surface area contributed by atoms with E-state index in [-0.39, 0.29) is 54.6 Å². The van der Waals surface area contributed by atoms with Crippen LogP contribution in [0.15, 0.2) is 36.5 Å². The second-order valence-corrected chi connectivity index (χ2v) is 15.1. The number of hydrogen-bond donors (Lipinski definition) is 2. The number of aryl methyl sites for hydroxylation is 1. The summed E-state index contributed by atoms with van der Waals surface area (Å²) in [5, 5.41) is 15.7. The summed E-state index contributed by atoms with van der Waals surface area (Å²) in [6, 6.07) is 8.64. The zero-order chi connectivity index (χ0) is 34.0. The molecular formula is C38H46F2N6O3. The Balaban J connectivity index is 1.11. The Morgan fingerprint density at radius 1 is 0.980 bits per heavy atom. The molecule has 4 aromatic rings. The highest BCUT2D eigenvalue weighted by Gasteiger charge is 2.34. The first-order valence-corrected chi connectivity index (χ1v) is 18.1. The van der Waals surface area contributed by atoms with Crippen LogP contribution in [0.1, 0.15) is 85.2 Å². The van der Waals surface area contributed by atoms with Crippen molar-refractivity contribution >= 4 is 28.2 Å². The number of halogens is 2. The maximum absolute atomic E-state index is 15.3. The quantitative estimate of drug-likeness (QED) is 0.278. The van der Waals surface area contributed by atoms with Gasteiger partial charge < -0.3 is 25.2 Å². The first-order valence-electron chi connectivity index (χ1n) is 18.1. The molecule has 0 spiro atoms. The van der Waals surface area contributed by atoms with Crippen LogP contribution in [0.2, 0.25) is 0 Å². The zero-order valence-corrected chi connectivity index (χ0v) is 28.2. The van der Waals surface area contributed by atoms with Crippen LogP contribution in [0.5, 0.6) is 0 Å². The maximum Gasteiger partial charge on any atom is 0.255 e. The fourth-order valence-corrected chi connectivity index (χ4v) is 8.62. The molecular weight excluding hydrogens is 626 g/mol. The van der Waals surface area contributed by atoms with Crippen LogP contribution in [-0.2, 0) is 11.3 Å². The molecule has 3 aromatic heterocycles. The van der Waals surface area contributed by atoms with Gasteiger partial charge in [-0.1, -0.05) is 0 Å². The van der Waals surface area contributed by atoms with Gasteiger partial charge in [0.2, 0.25) is 5.91 Å². The van der Waals surface area contributed by atoms with Gasteiger partial charge >= 0.3 is 0 Å². The van der Waals surface area contributed by atoms with Crippen LogP contribution in [0.3, 0.4) is 0 Å². The Morgan fingerprint density at radius 2 is 1.73 bits per heavy atom. The molecule has 5 heterocycles. The minimum atomic E-state index is -1.13. The van der Waals surface area contributed by atoms with E-state index in [9.17, 15) is 19.1 Å². The summed E-state index contributed by atoms with van der Waals surface area (Å²) in [5.74, 6) is 0.346. The predicted molar refractivity (Wildman–Crippen MR) is 183 cm³/mol. The van der Waals surface area contributed by atoms with Gasteiger partial charge in [-0.05, 0) is 112 Å². The van der Waals surface area contributed by atoms with E-state index < -0.39 is 6.17 Å². The van der Waals surface area contributed by atoms with Gasteiger partial charge in [0, 0.05) is 55.3 Å². The number of amides is 2. The molecule has 260 valence electrons. The lowest BCUT2D eigenvalue weighted by Gasteiger charge is -2.36. The monoisotopic (exact) mass is 672 g/mol. The minimum absolute atomic E-state index is 0.00686. The Labute approximate surface area is 285 Å². The largest absolute Gasteiger partial charge is 0.393 e. The molecule has 1 aromatic carbocycles. The normalized spacial score (nSPS) is 25.4.